The predicted octanol–water partition coefficient (Wildman–Crippen LogP) is 5.34. The number of fused-ring (bicyclic) bond motifs is 3. The number of carbonyl (C=O) groups is 1. The fourth-order valence-electron chi connectivity index (χ4n) is 6.15. The maximum Gasteiger partial charge on any atom is 0.232 e. The number of carbonyl (C=O) groups excluding carboxylic acids is 1. The number of hydrogen-bond acceptors (Lipinski definition) is 7. The van der Waals surface area contributed by atoms with E-state index >= 15 is 0 Å². The van der Waals surface area contributed by atoms with Gasteiger partial charge in [-0.2, -0.15) is 0 Å². The van der Waals surface area contributed by atoms with Gasteiger partial charge in [0.1, 0.15) is 11.5 Å². The van der Waals surface area contributed by atoms with Crippen molar-refractivity contribution in [3.63, 3.8) is 0 Å². The van der Waals surface area contributed by atoms with Crippen LogP contribution in [0, 0.1) is 6.92 Å². The van der Waals surface area contributed by atoms with Gasteiger partial charge < -0.3 is 23.9 Å². The molecule has 0 aliphatic carbocycles. The van der Waals surface area contributed by atoms with Crippen molar-refractivity contribution in [2.24, 2.45) is 0 Å². The first-order valence-electron chi connectivity index (χ1n) is 14.2. The zero-order valence-electron chi connectivity index (χ0n) is 23.4. The van der Waals surface area contributed by atoms with Crippen molar-refractivity contribution in [3.8, 4) is 23.0 Å². The Hall–Kier alpha value is -4.27. The molecule has 3 aliphatic heterocycles. The van der Waals surface area contributed by atoms with Gasteiger partial charge in [-0.1, -0.05) is 24.3 Å². The molecule has 0 radical (unpaired) electrons. The van der Waals surface area contributed by atoms with Crippen molar-refractivity contribution in [2.75, 3.05) is 33.0 Å². The molecule has 3 aromatic carbocycles. The Morgan fingerprint density at radius 2 is 1.71 bits per heavy atom. The van der Waals surface area contributed by atoms with Crippen LogP contribution in [-0.4, -0.2) is 58.2 Å². The van der Waals surface area contributed by atoms with Crippen molar-refractivity contribution in [3.05, 3.63) is 88.3 Å². The molecule has 8 heteroatoms. The summed E-state index contributed by atoms with van der Waals surface area (Å²) in [6.45, 7) is 9.92. The maximum absolute atomic E-state index is 13.6. The second kappa shape index (κ2) is 10.3. The van der Waals surface area contributed by atoms with Gasteiger partial charge in [0, 0.05) is 68.5 Å². The number of aryl methyl sites for hydroxylation is 2. The molecular weight excluding hydrogens is 518 g/mol. The number of nitrogens with zero attached hydrogens (tertiary/aromatic N) is 3. The van der Waals surface area contributed by atoms with E-state index in [1.165, 1.54) is 5.56 Å². The quantitative estimate of drug-likeness (QED) is 0.324. The molecule has 0 spiro atoms. The van der Waals surface area contributed by atoms with Crippen molar-refractivity contribution in [1.82, 2.24) is 14.4 Å². The third-order valence-corrected chi connectivity index (χ3v) is 8.36. The summed E-state index contributed by atoms with van der Waals surface area (Å²) in [7, 11) is 0. The fourth-order valence-corrected chi connectivity index (χ4v) is 6.15. The molecule has 1 N–H and O–H groups in total. The number of benzene rings is 3. The maximum atomic E-state index is 13.6. The van der Waals surface area contributed by atoms with Crippen molar-refractivity contribution in [1.29, 1.82) is 0 Å². The lowest BCUT2D eigenvalue weighted by Gasteiger charge is -2.35. The Labute approximate surface area is 238 Å². The number of Topliss-reactive ketones (excluding diaryl/α,β-unsaturated/α-hetero) is 1. The van der Waals surface area contributed by atoms with Crippen LogP contribution in [0.1, 0.15) is 39.5 Å². The molecule has 1 saturated heterocycles. The lowest BCUT2D eigenvalue weighted by Crippen LogP contribution is -2.45. The summed E-state index contributed by atoms with van der Waals surface area (Å²) in [6, 6.07) is 16.0. The van der Waals surface area contributed by atoms with Gasteiger partial charge >= 0.3 is 0 Å². The first-order valence-corrected chi connectivity index (χ1v) is 14.2. The molecule has 0 bridgehead atoms. The van der Waals surface area contributed by atoms with Gasteiger partial charge in [0.25, 0.3) is 0 Å². The number of aromatic nitrogens is 1. The average Bonchev–Trinajstić information content (AvgIpc) is 3.68. The van der Waals surface area contributed by atoms with Crippen LogP contribution in [0.25, 0.3) is 17.0 Å². The number of allylic oxidation sites excluding steroid dienone is 1. The largest absolute Gasteiger partial charge is 0.507 e. The van der Waals surface area contributed by atoms with Crippen molar-refractivity contribution in [2.45, 2.75) is 33.5 Å². The number of ether oxygens (including phenoxy) is 3. The summed E-state index contributed by atoms with van der Waals surface area (Å²) in [5, 5.41) is 12.1. The van der Waals surface area contributed by atoms with Crippen LogP contribution < -0.4 is 14.2 Å². The number of para-hydroxylation sites is 1. The second-order valence-electron chi connectivity index (χ2n) is 11.0. The Morgan fingerprint density at radius 1 is 0.951 bits per heavy atom. The summed E-state index contributed by atoms with van der Waals surface area (Å²) < 4.78 is 19.4. The summed E-state index contributed by atoms with van der Waals surface area (Å²) in [4.78, 5) is 18.3. The Bertz CT molecular complexity index is 1700. The van der Waals surface area contributed by atoms with Crippen LogP contribution in [0.15, 0.2) is 60.5 Å². The zero-order valence-corrected chi connectivity index (χ0v) is 23.4. The van der Waals surface area contributed by atoms with E-state index in [-0.39, 0.29) is 18.3 Å². The molecule has 3 aliphatic rings. The molecule has 41 heavy (non-hydrogen) atoms. The molecule has 4 aromatic rings. The van der Waals surface area contributed by atoms with Crippen molar-refractivity contribution < 1.29 is 24.1 Å². The minimum atomic E-state index is -0.138. The van der Waals surface area contributed by atoms with Crippen LogP contribution >= 0.6 is 0 Å². The first-order chi connectivity index (χ1) is 20.0. The normalized spacial score (nSPS) is 17.9. The fraction of sp³-hybridized carbons (Fsp3) is 0.303. The average molecular weight is 552 g/mol. The summed E-state index contributed by atoms with van der Waals surface area (Å²) in [5.74, 6) is 2.42. The van der Waals surface area contributed by atoms with Crippen LogP contribution in [0.3, 0.4) is 0 Å². The topological polar surface area (TPSA) is 76.4 Å². The first kappa shape index (κ1) is 25.7. The SMILES string of the molecule is CCn1cc(/C=C2/Oc3c(CN4CCN(Cc5ccc6c(c5)OCO6)CC4)c(O)cc(C)c3C2=O)c2ccccc21. The standard InChI is InChI=1S/C33H33N3O5/c1-3-36-18-23(24-6-4-5-7-26(24)36)16-30-32(38)31-21(2)14-27(37)25(33(31)41-30)19-35-12-10-34(11-13-35)17-22-8-9-28-29(15-22)40-20-39-28/h4-9,14-16,18,37H,3,10-13,17,19-20H2,1-2H3/b30-16+. The lowest BCUT2D eigenvalue weighted by atomic mass is 9.99. The number of phenolic OH excluding ortho intramolecular Hbond substituents is 1. The van der Waals surface area contributed by atoms with Crippen LogP contribution in [0.4, 0.5) is 0 Å². The third-order valence-electron chi connectivity index (χ3n) is 8.36. The Kier molecular flexibility index (Phi) is 6.44. The highest BCUT2D eigenvalue weighted by atomic mass is 16.7. The van der Waals surface area contributed by atoms with Gasteiger partial charge in [-0.25, -0.2) is 0 Å². The Balaban J connectivity index is 1.09. The monoisotopic (exact) mass is 551 g/mol. The van der Waals surface area contributed by atoms with Crippen LogP contribution in [-0.2, 0) is 19.6 Å². The highest BCUT2D eigenvalue weighted by molar-refractivity contribution is 6.16. The minimum Gasteiger partial charge on any atom is -0.507 e. The minimum absolute atomic E-state index is 0.138. The van der Waals surface area contributed by atoms with Gasteiger partial charge in [0.2, 0.25) is 12.6 Å². The molecule has 0 amide bonds. The highest BCUT2D eigenvalue weighted by Crippen LogP contribution is 2.43. The molecule has 7 rings (SSSR count). The number of piperazine rings is 1. The molecule has 1 aromatic heterocycles. The van der Waals surface area contributed by atoms with E-state index in [2.05, 4.69) is 51.8 Å². The lowest BCUT2D eigenvalue weighted by molar-refractivity contribution is 0.101. The third kappa shape index (κ3) is 4.63. The van der Waals surface area contributed by atoms with Crippen LogP contribution in [0.5, 0.6) is 23.0 Å². The van der Waals surface area contributed by atoms with Crippen LogP contribution in [0.2, 0.25) is 0 Å². The summed E-state index contributed by atoms with van der Waals surface area (Å²) >= 11 is 0. The number of hydrogen-bond donors (Lipinski definition) is 1. The van der Waals surface area contributed by atoms with Gasteiger partial charge in [-0.3, -0.25) is 14.6 Å². The molecule has 0 unspecified atom stereocenters. The molecule has 8 nitrogen and oxygen atoms in total. The van der Waals surface area contributed by atoms with E-state index in [1.807, 2.05) is 31.2 Å². The van der Waals surface area contributed by atoms with Gasteiger partial charge in [0.05, 0.1) is 11.1 Å². The number of phenols is 1. The molecule has 0 atom stereocenters. The molecule has 4 heterocycles. The molecule has 0 saturated carbocycles. The van der Waals surface area contributed by atoms with E-state index in [4.69, 9.17) is 14.2 Å². The van der Waals surface area contributed by atoms with Gasteiger partial charge in [0.15, 0.2) is 17.3 Å². The van der Waals surface area contributed by atoms with E-state index < -0.39 is 0 Å². The summed E-state index contributed by atoms with van der Waals surface area (Å²) in [6.07, 6.45) is 3.90. The Morgan fingerprint density at radius 3 is 2.51 bits per heavy atom. The van der Waals surface area contributed by atoms with Gasteiger partial charge in [-0.15, -0.1) is 0 Å². The van der Waals surface area contributed by atoms with E-state index in [0.29, 0.717) is 29.2 Å². The molecule has 210 valence electrons. The molecular formula is C33H33N3O5. The van der Waals surface area contributed by atoms with Gasteiger partial charge in [-0.05, 0) is 55.3 Å². The smallest absolute Gasteiger partial charge is 0.232 e. The highest BCUT2D eigenvalue weighted by Gasteiger charge is 2.34. The predicted molar refractivity (Wildman–Crippen MR) is 157 cm³/mol. The summed E-state index contributed by atoms with van der Waals surface area (Å²) in [5.41, 5.74) is 5.20. The van der Waals surface area contributed by atoms with E-state index in [9.17, 15) is 9.90 Å². The van der Waals surface area contributed by atoms with E-state index in [0.717, 1.165) is 72.8 Å². The number of aromatic hydroxyl groups is 1. The molecule has 1 fully saturated rings. The zero-order chi connectivity index (χ0) is 28.1. The van der Waals surface area contributed by atoms with E-state index in [1.54, 1.807) is 6.07 Å². The van der Waals surface area contributed by atoms with Crippen molar-refractivity contribution >= 4 is 22.8 Å². The number of ketones is 1. The second-order valence-corrected chi connectivity index (χ2v) is 11.0. The number of rotatable bonds is 6.